The second-order valence-corrected chi connectivity index (χ2v) is 3.86. The first-order valence-electron chi connectivity index (χ1n) is 5.45. The van der Waals surface area contributed by atoms with Crippen LogP contribution in [0.25, 0.3) is 11.0 Å². The Bertz CT molecular complexity index is 617. The molecule has 7 heteroatoms. The molecule has 0 bridgehead atoms. The van der Waals surface area contributed by atoms with Gasteiger partial charge in [0, 0.05) is 0 Å². The Balaban J connectivity index is 0. The Kier molecular flexibility index (Phi) is 11.6. The predicted octanol–water partition coefficient (Wildman–Crippen LogP) is -4.36. The van der Waals surface area contributed by atoms with Crippen LogP contribution in [0.1, 0.15) is 17.5 Å². The van der Waals surface area contributed by atoms with E-state index in [1.807, 2.05) is 42.5 Å². The summed E-state index contributed by atoms with van der Waals surface area (Å²) in [7, 11) is 0. The van der Waals surface area contributed by atoms with Crippen LogP contribution in [-0.4, -0.2) is 4.98 Å². The molecule has 3 aromatic rings. The van der Waals surface area contributed by atoms with Crippen LogP contribution < -0.4 is 34.9 Å². The summed E-state index contributed by atoms with van der Waals surface area (Å²) in [6, 6.07) is 16.7. The van der Waals surface area contributed by atoms with E-state index < -0.39 is 6.10 Å². The van der Waals surface area contributed by atoms with Gasteiger partial charge >= 0.3 is 42.1 Å². The van der Waals surface area contributed by atoms with Crippen molar-refractivity contribution in [2.75, 3.05) is 0 Å². The van der Waals surface area contributed by atoms with E-state index in [1.54, 1.807) is 12.1 Å². The van der Waals surface area contributed by atoms with Crippen molar-refractivity contribution in [3.05, 3.63) is 66.0 Å². The maximum absolute atomic E-state index is 12.2. The van der Waals surface area contributed by atoms with Gasteiger partial charge in [-0.2, -0.15) is 0 Å². The third-order valence-electron chi connectivity index (χ3n) is 2.69. The molecule has 21 heavy (non-hydrogen) atoms. The van der Waals surface area contributed by atoms with Crippen LogP contribution in [0.2, 0.25) is 0 Å². The zero-order chi connectivity index (χ0) is 11.7. The standard InChI is InChI=1S/C14H10N2O.2ClH.2Pt/c17-13(10-6-2-1-3-7-10)14-15-11-8-4-5-9-12(11)16-14;;;;/h1-9,13H;2*1H;;/q-2;;;2*+2/p-2. The largest absolute Gasteiger partial charge is 2.00 e. The summed E-state index contributed by atoms with van der Waals surface area (Å²) in [5, 5.41) is 12.2. The Morgan fingerprint density at radius 3 is 2.05 bits per heavy atom. The van der Waals surface area contributed by atoms with Crippen molar-refractivity contribution in [3.63, 3.8) is 0 Å². The average Bonchev–Trinajstić information content (AvgIpc) is 2.82. The number of hydrogen-bond acceptors (Lipinski definition) is 2. The Hall–Kier alpha value is -0.173. The smallest absolute Gasteiger partial charge is 1.00 e. The number of nitrogens with zero attached hydrogens (tertiary/aromatic N) is 2. The van der Waals surface area contributed by atoms with E-state index in [0.29, 0.717) is 11.4 Å². The second-order valence-electron chi connectivity index (χ2n) is 3.86. The number of benzene rings is 2. The van der Waals surface area contributed by atoms with E-state index in [1.165, 1.54) is 0 Å². The molecule has 1 unspecified atom stereocenters. The molecule has 0 amide bonds. The van der Waals surface area contributed by atoms with Gasteiger partial charge in [-0.25, -0.2) is 0 Å². The maximum Gasteiger partial charge on any atom is 2.00 e. The first-order chi connectivity index (χ1) is 8.34. The summed E-state index contributed by atoms with van der Waals surface area (Å²) in [5.74, 6) is 0.345. The molecule has 116 valence electrons. The van der Waals surface area contributed by atoms with Crippen LogP contribution in [0.3, 0.4) is 0 Å². The predicted molar refractivity (Wildman–Crippen MR) is 63.3 cm³/mol. The zero-order valence-corrected chi connectivity index (χ0v) is 16.5. The number of hydrogen-bond donors (Lipinski definition) is 0. The molecule has 0 saturated heterocycles. The van der Waals surface area contributed by atoms with Crippen LogP contribution in [0, 0.1) is 0 Å². The van der Waals surface area contributed by atoms with Crippen molar-refractivity contribution in [1.29, 1.82) is 0 Å². The molecule has 0 spiro atoms. The Morgan fingerprint density at radius 1 is 0.857 bits per heavy atom. The second kappa shape index (κ2) is 10.5. The molecule has 0 radical (unpaired) electrons. The van der Waals surface area contributed by atoms with Crippen LogP contribution in [-0.2, 0) is 42.1 Å². The van der Waals surface area contributed by atoms with Crippen molar-refractivity contribution in [2.24, 2.45) is 0 Å². The molecule has 0 aliphatic heterocycles. The molecule has 0 aliphatic carbocycles. The molecular weight excluding hydrogens is 673 g/mol. The van der Waals surface area contributed by atoms with Crippen LogP contribution in [0.5, 0.6) is 0 Å². The third kappa shape index (κ3) is 5.19. The van der Waals surface area contributed by atoms with Gasteiger partial charge in [-0.15, -0.1) is 0 Å². The van der Waals surface area contributed by atoms with Crippen molar-refractivity contribution in [1.82, 2.24) is 9.97 Å². The number of halogens is 2. The molecule has 1 heterocycles. The fourth-order valence-electron chi connectivity index (χ4n) is 1.82. The van der Waals surface area contributed by atoms with Gasteiger partial charge in [0.15, 0.2) is 0 Å². The normalized spacial score (nSPS) is 10.3. The van der Waals surface area contributed by atoms with E-state index in [4.69, 9.17) is 0 Å². The van der Waals surface area contributed by atoms with Gasteiger partial charge in [-0.05, 0) is 11.0 Å². The van der Waals surface area contributed by atoms with E-state index in [9.17, 15) is 5.11 Å². The summed E-state index contributed by atoms with van der Waals surface area (Å²) in [6.07, 6.45) is -1.01. The minimum Gasteiger partial charge on any atom is -1.00 e. The van der Waals surface area contributed by atoms with E-state index in [0.717, 1.165) is 11.0 Å². The number of imidazole rings is 1. The van der Waals surface area contributed by atoms with E-state index >= 15 is 0 Å². The summed E-state index contributed by atoms with van der Waals surface area (Å²) in [6.45, 7) is 0. The molecule has 0 aliphatic rings. The third-order valence-corrected chi connectivity index (χ3v) is 2.69. The minimum atomic E-state index is -1.01. The summed E-state index contributed by atoms with van der Waals surface area (Å²) in [4.78, 5) is 8.53. The minimum absolute atomic E-state index is 0. The molecular formula is C14H10Cl2N2OPt2. The summed E-state index contributed by atoms with van der Waals surface area (Å²) in [5.41, 5.74) is 2.25. The Morgan fingerprint density at radius 2 is 1.43 bits per heavy atom. The summed E-state index contributed by atoms with van der Waals surface area (Å²) >= 11 is 0. The molecule has 3 rings (SSSR count). The molecule has 1 aromatic heterocycles. The van der Waals surface area contributed by atoms with Gasteiger partial charge in [0.05, 0.1) is 0 Å². The molecule has 0 saturated carbocycles. The quantitative estimate of drug-likeness (QED) is 0.275. The SMILES string of the molecule is [Cl-].[Cl-].[O-]C(c1ccccc1)c1nc2ccccc2[n-]1.[Pt+2].[Pt+2]. The first-order valence-corrected chi connectivity index (χ1v) is 5.45. The average molecular weight is 683 g/mol. The fourth-order valence-corrected chi connectivity index (χ4v) is 1.82. The van der Waals surface area contributed by atoms with Gasteiger partial charge in [0.25, 0.3) is 0 Å². The maximum atomic E-state index is 12.2. The van der Waals surface area contributed by atoms with Crippen LogP contribution >= 0.6 is 0 Å². The molecule has 1 atom stereocenters. The van der Waals surface area contributed by atoms with Crippen molar-refractivity contribution in [2.45, 2.75) is 6.10 Å². The van der Waals surface area contributed by atoms with Gasteiger partial charge in [-0.1, -0.05) is 72.1 Å². The molecule has 0 N–H and O–H groups in total. The van der Waals surface area contributed by atoms with Gasteiger partial charge in [-0.3, -0.25) is 0 Å². The number of rotatable bonds is 2. The molecule has 0 fully saturated rings. The number of aromatic nitrogens is 2. The number of para-hydroxylation sites is 2. The van der Waals surface area contributed by atoms with Crippen LogP contribution in [0.4, 0.5) is 0 Å². The van der Waals surface area contributed by atoms with Gasteiger partial charge < -0.3 is 39.9 Å². The van der Waals surface area contributed by atoms with Crippen molar-refractivity contribution < 1.29 is 72.1 Å². The van der Waals surface area contributed by atoms with Crippen molar-refractivity contribution in [3.8, 4) is 0 Å². The first kappa shape index (κ1) is 23.1. The molecule has 3 nitrogen and oxygen atoms in total. The number of fused-ring (bicyclic) bond motifs is 1. The van der Waals surface area contributed by atoms with Gasteiger partial charge in [0.2, 0.25) is 0 Å². The van der Waals surface area contributed by atoms with Gasteiger partial charge in [0.1, 0.15) is 0 Å². The molecule has 2 aromatic carbocycles. The topological polar surface area (TPSA) is 50.1 Å². The van der Waals surface area contributed by atoms with Crippen LogP contribution in [0.15, 0.2) is 54.6 Å². The van der Waals surface area contributed by atoms with E-state index in [-0.39, 0.29) is 66.9 Å². The fraction of sp³-hybridized carbons (Fsp3) is 0.0714. The van der Waals surface area contributed by atoms with Crippen molar-refractivity contribution >= 4 is 11.0 Å². The monoisotopic (exact) mass is 682 g/mol. The van der Waals surface area contributed by atoms with E-state index in [2.05, 4.69) is 9.97 Å². The Labute approximate surface area is 164 Å². The zero-order valence-electron chi connectivity index (χ0n) is 10.5. The summed E-state index contributed by atoms with van der Waals surface area (Å²) < 4.78 is 0.